The Labute approximate surface area is 377 Å². The fourth-order valence-electron chi connectivity index (χ4n) is 8.22. The molecule has 0 atom stereocenters. The van der Waals surface area contributed by atoms with E-state index in [0.29, 0.717) is 26.4 Å². The number of hydrogen-bond acceptors (Lipinski definition) is 4. The fourth-order valence-corrected chi connectivity index (χ4v) is 8.22. The maximum atomic E-state index is 6.48. The van der Waals surface area contributed by atoms with Crippen molar-refractivity contribution in [1.29, 1.82) is 0 Å². The van der Waals surface area contributed by atoms with E-state index >= 15 is 0 Å². The van der Waals surface area contributed by atoms with Gasteiger partial charge in [-0.3, -0.25) is 0 Å². The predicted octanol–water partition coefficient (Wildman–Crippen LogP) is 13.6. The molecule has 0 amide bonds. The number of unbranched alkanes of at least 4 members (excludes halogenated alkanes) is 4. The van der Waals surface area contributed by atoms with Crippen LogP contribution in [0.4, 0.5) is 0 Å². The van der Waals surface area contributed by atoms with Gasteiger partial charge < -0.3 is 18.9 Å². The van der Waals surface area contributed by atoms with E-state index in [2.05, 4.69) is 191 Å². The molecule has 7 rings (SSSR count). The van der Waals surface area contributed by atoms with E-state index in [1.807, 2.05) is 0 Å². The molecule has 322 valence electrons. The van der Waals surface area contributed by atoms with E-state index in [1.54, 1.807) is 0 Å². The fraction of sp³-hybridized carbons (Fsp3) is 0.276. The molecule has 0 aliphatic rings. The molecule has 0 saturated heterocycles. The van der Waals surface area contributed by atoms with Crippen LogP contribution in [0, 0.1) is 0 Å². The van der Waals surface area contributed by atoms with Crippen LogP contribution in [0.15, 0.2) is 164 Å². The smallest absolute Gasteiger partial charge is 0.242 e. The molecule has 0 aliphatic heterocycles. The number of rotatable bonds is 23. The van der Waals surface area contributed by atoms with Gasteiger partial charge in [-0.2, -0.15) is 0 Å². The summed E-state index contributed by atoms with van der Waals surface area (Å²) in [6.45, 7) is 11.3. The molecule has 0 aliphatic carbocycles. The quantitative estimate of drug-likeness (QED) is 0.0475. The van der Waals surface area contributed by atoms with Gasteiger partial charge in [0.25, 0.3) is 0 Å². The Morgan fingerprint density at radius 2 is 0.683 bits per heavy atom. The van der Waals surface area contributed by atoms with E-state index in [4.69, 9.17) is 18.9 Å². The van der Waals surface area contributed by atoms with E-state index in [0.717, 1.165) is 119 Å². The lowest BCUT2D eigenvalue weighted by Gasteiger charge is -2.28. The Hall–Kier alpha value is -6.20. The predicted molar refractivity (Wildman–Crippen MR) is 267 cm³/mol. The van der Waals surface area contributed by atoms with Crippen LogP contribution in [0.3, 0.4) is 0 Å². The molecular formula is C58H63BO4. The molecule has 63 heavy (non-hydrogen) atoms. The second-order valence-corrected chi connectivity index (χ2v) is 16.3. The molecule has 7 aromatic carbocycles. The standard InChI is InChI=1S/C58H63BO4/c1-5-9-35-60-50-31-19-23-44(39-50)54-43-55(59(48-27-15-13-16-28-48)49-29-17-14-18-30-49)57(46-25-21-33-52(41-46)62-37-11-7-3)58(47-26-22-34-53(42-47)63-38-12-8-4)56(54)45-24-20-32-51(40-45)61-36-10-6-2/h13-34,39-43H,5-12,35-38H2,1-4H3. The second kappa shape index (κ2) is 23.3. The number of ether oxygens (including phenoxy) is 4. The monoisotopic (exact) mass is 834 g/mol. The zero-order valence-corrected chi connectivity index (χ0v) is 37.8. The van der Waals surface area contributed by atoms with Gasteiger partial charge in [-0.15, -0.1) is 0 Å². The Bertz CT molecular complexity index is 2440. The van der Waals surface area contributed by atoms with Gasteiger partial charge in [0.2, 0.25) is 6.71 Å². The van der Waals surface area contributed by atoms with E-state index in [1.165, 1.54) is 16.4 Å². The Kier molecular flexibility index (Phi) is 16.6. The Balaban J connectivity index is 1.64. The van der Waals surface area contributed by atoms with Gasteiger partial charge in [0, 0.05) is 0 Å². The number of benzene rings is 7. The lowest BCUT2D eigenvalue weighted by atomic mass is 9.35. The van der Waals surface area contributed by atoms with Crippen LogP contribution in [0.25, 0.3) is 44.5 Å². The van der Waals surface area contributed by atoms with E-state index < -0.39 is 0 Å². The third kappa shape index (κ3) is 11.6. The van der Waals surface area contributed by atoms with Crippen molar-refractivity contribution >= 4 is 23.1 Å². The highest BCUT2D eigenvalue weighted by Crippen LogP contribution is 2.47. The van der Waals surface area contributed by atoms with Gasteiger partial charge in [-0.25, -0.2) is 0 Å². The van der Waals surface area contributed by atoms with Crippen molar-refractivity contribution in [2.24, 2.45) is 0 Å². The maximum Gasteiger partial charge on any atom is 0.242 e. The van der Waals surface area contributed by atoms with Gasteiger partial charge in [0.05, 0.1) is 26.4 Å². The van der Waals surface area contributed by atoms with Crippen molar-refractivity contribution in [2.45, 2.75) is 79.1 Å². The highest BCUT2D eigenvalue weighted by Gasteiger charge is 2.31. The van der Waals surface area contributed by atoms with Crippen LogP contribution in [0.1, 0.15) is 79.1 Å². The van der Waals surface area contributed by atoms with Gasteiger partial charge >= 0.3 is 0 Å². The van der Waals surface area contributed by atoms with Crippen molar-refractivity contribution in [1.82, 2.24) is 0 Å². The first-order valence-corrected chi connectivity index (χ1v) is 23.3. The summed E-state index contributed by atoms with van der Waals surface area (Å²) in [6.07, 6.45) is 8.24. The minimum absolute atomic E-state index is 0.115. The highest BCUT2D eigenvalue weighted by atomic mass is 16.5. The summed E-state index contributed by atoms with van der Waals surface area (Å²) in [5.74, 6) is 3.43. The molecule has 7 aromatic rings. The average Bonchev–Trinajstić information content (AvgIpc) is 3.33. The van der Waals surface area contributed by atoms with Crippen LogP contribution >= 0.6 is 0 Å². The van der Waals surface area contributed by atoms with Crippen molar-refractivity contribution < 1.29 is 18.9 Å². The molecule has 0 radical (unpaired) electrons. The minimum Gasteiger partial charge on any atom is -0.494 e. The summed E-state index contributed by atoms with van der Waals surface area (Å²) < 4.78 is 25.8. The molecule has 0 aromatic heterocycles. The minimum atomic E-state index is -0.115. The Morgan fingerprint density at radius 3 is 1.08 bits per heavy atom. The van der Waals surface area contributed by atoms with E-state index in [9.17, 15) is 0 Å². The third-order valence-electron chi connectivity index (χ3n) is 11.5. The zero-order valence-electron chi connectivity index (χ0n) is 37.8. The normalized spacial score (nSPS) is 11.0. The molecule has 0 saturated carbocycles. The molecule has 0 heterocycles. The van der Waals surface area contributed by atoms with Crippen LogP contribution < -0.4 is 35.3 Å². The molecular weight excluding hydrogens is 771 g/mol. The Morgan fingerprint density at radius 1 is 0.333 bits per heavy atom. The van der Waals surface area contributed by atoms with Gasteiger partial charge in [-0.1, -0.05) is 185 Å². The van der Waals surface area contributed by atoms with Gasteiger partial charge in [0.1, 0.15) is 23.0 Å². The summed E-state index contributed by atoms with van der Waals surface area (Å²) in [7, 11) is 0. The maximum absolute atomic E-state index is 6.48. The third-order valence-corrected chi connectivity index (χ3v) is 11.5. The topological polar surface area (TPSA) is 36.9 Å². The van der Waals surface area contributed by atoms with Gasteiger partial charge in [-0.05, 0) is 119 Å². The first kappa shape index (κ1) is 44.8. The zero-order chi connectivity index (χ0) is 43.6. The van der Waals surface area contributed by atoms with Gasteiger partial charge in [0.15, 0.2) is 0 Å². The van der Waals surface area contributed by atoms with E-state index in [-0.39, 0.29) is 6.71 Å². The van der Waals surface area contributed by atoms with Crippen LogP contribution in [-0.4, -0.2) is 33.1 Å². The van der Waals surface area contributed by atoms with Crippen molar-refractivity contribution in [3.05, 3.63) is 164 Å². The average molecular weight is 835 g/mol. The second-order valence-electron chi connectivity index (χ2n) is 16.3. The first-order valence-electron chi connectivity index (χ1n) is 23.3. The van der Waals surface area contributed by atoms with Crippen LogP contribution in [-0.2, 0) is 0 Å². The van der Waals surface area contributed by atoms with Crippen molar-refractivity contribution in [2.75, 3.05) is 26.4 Å². The molecule has 0 fully saturated rings. The summed E-state index contributed by atoms with van der Waals surface area (Å²) in [4.78, 5) is 0. The summed E-state index contributed by atoms with van der Waals surface area (Å²) in [6, 6.07) is 59.1. The lowest BCUT2D eigenvalue weighted by Crippen LogP contribution is -2.52. The molecule has 5 heteroatoms. The summed E-state index contributed by atoms with van der Waals surface area (Å²) in [5, 5.41) is 0. The highest BCUT2D eigenvalue weighted by molar-refractivity contribution is 6.96. The van der Waals surface area contributed by atoms with Crippen LogP contribution in [0.5, 0.6) is 23.0 Å². The van der Waals surface area contributed by atoms with Crippen molar-refractivity contribution in [3.8, 4) is 67.5 Å². The summed E-state index contributed by atoms with van der Waals surface area (Å²) >= 11 is 0. The molecule has 0 N–H and O–H groups in total. The first-order chi connectivity index (χ1) is 31.1. The largest absolute Gasteiger partial charge is 0.494 e. The van der Waals surface area contributed by atoms with Crippen LogP contribution in [0.2, 0.25) is 0 Å². The molecule has 4 nitrogen and oxygen atoms in total. The number of hydrogen-bond donors (Lipinski definition) is 0. The molecule has 0 spiro atoms. The molecule has 0 unspecified atom stereocenters. The van der Waals surface area contributed by atoms with Crippen molar-refractivity contribution in [3.63, 3.8) is 0 Å². The summed E-state index contributed by atoms with van der Waals surface area (Å²) in [5.41, 5.74) is 12.4. The molecule has 0 bridgehead atoms. The SMILES string of the molecule is CCCCOc1cccc(-c2cc(B(c3ccccc3)c3ccccc3)c(-c3cccc(OCCCC)c3)c(-c3cccc(OCCCC)c3)c2-c2cccc(OCCCC)c2)c1. The lowest BCUT2D eigenvalue weighted by molar-refractivity contribution is 0.309.